The van der Waals surface area contributed by atoms with Crippen molar-refractivity contribution in [3.05, 3.63) is 46.1 Å². The van der Waals surface area contributed by atoms with Crippen LogP contribution in [0.2, 0.25) is 0 Å². The topological polar surface area (TPSA) is 76.9 Å². The molecule has 24 heavy (non-hydrogen) atoms. The second-order valence-electron chi connectivity index (χ2n) is 5.29. The van der Waals surface area contributed by atoms with E-state index in [0.29, 0.717) is 16.4 Å². The van der Waals surface area contributed by atoms with E-state index in [1.807, 2.05) is 24.5 Å². The highest BCUT2D eigenvalue weighted by molar-refractivity contribution is 7.98. The van der Waals surface area contributed by atoms with Gasteiger partial charge < -0.3 is 5.32 Å². The van der Waals surface area contributed by atoms with Crippen molar-refractivity contribution < 1.29 is 4.79 Å². The predicted octanol–water partition coefficient (Wildman–Crippen LogP) is 2.83. The van der Waals surface area contributed by atoms with Crippen molar-refractivity contribution in [2.75, 3.05) is 11.6 Å². The summed E-state index contributed by atoms with van der Waals surface area (Å²) in [5.41, 5.74) is 1.87. The molecule has 6 nitrogen and oxygen atoms in total. The third kappa shape index (κ3) is 3.34. The molecule has 0 aliphatic rings. The zero-order valence-corrected chi connectivity index (χ0v) is 15.1. The van der Waals surface area contributed by atoms with Crippen LogP contribution in [0.4, 0.5) is 5.13 Å². The van der Waals surface area contributed by atoms with Crippen LogP contribution in [0.25, 0.3) is 10.2 Å². The number of nitrogens with one attached hydrogen (secondary N) is 1. The number of carbonyl (C=O) groups excluding carboxylic acids is 1. The predicted molar refractivity (Wildman–Crippen MR) is 98.0 cm³/mol. The van der Waals surface area contributed by atoms with Gasteiger partial charge in [0.2, 0.25) is 5.91 Å². The number of hydrogen-bond acceptors (Lipinski definition) is 6. The van der Waals surface area contributed by atoms with Crippen molar-refractivity contribution >= 4 is 44.4 Å². The van der Waals surface area contributed by atoms with Crippen LogP contribution in [0, 0.1) is 13.8 Å². The zero-order chi connectivity index (χ0) is 17.3. The largest absolute Gasteiger partial charge is 0.300 e. The first-order chi connectivity index (χ1) is 11.5. The minimum Gasteiger partial charge on any atom is -0.300 e. The van der Waals surface area contributed by atoms with Crippen LogP contribution in [0.15, 0.2) is 34.2 Å². The summed E-state index contributed by atoms with van der Waals surface area (Å²) in [6, 6.07) is 5.98. The van der Waals surface area contributed by atoms with Crippen molar-refractivity contribution in [2.24, 2.45) is 0 Å². The molecule has 0 atom stereocenters. The molecule has 3 aromatic rings. The maximum Gasteiger partial charge on any atom is 0.256 e. The van der Waals surface area contributed by atoms with Crippen LogP contribution in [0.1, 0.15) is 11.3 Å². The fourth-order valence-corrected chi connectivity index (χ4v) is 3.62. The Hall–Kier alpha value is -2.19. The fraction of sp³-hybridized carbons (Fsp3) is 0.250. The Morgan fingerprint density at radius 2 is 2.17 bits per heavy atom. The van der Waals surface area contributed by atoms with Gasteiger partial charge in [-0.1, -0.05) is 11.3 Å². The summed E-state index contributed by atoms with van der Waals surface area (Å²) in [7, 11) is 0. The van der Waals surface area contributed by atoms with Gasteiger partial charge in [-0.3, -0.25) is 14.2 Å². The van der Waals surface area contributed by atoms with Crippen LogP contribution in [0.5, 0.6) is 0 Å². The summed E-state index contributed by atoms with van der Waals surface area (Å²) < 4.78 is 2.32. The molecule has 0 bridgehead atoms. The molecule has 0 aliphatic carbocycles. The van der Waals surface area contributed by atoms with Gasteiger partial charge in [-0.2, -0.15) is 0 Å². The van der Waals surface area contributed by atoms with Gasteiger partial charge in [-0.15, -0.1) is 11.8 Å². The molecule has 8 heteroatoms. The Balaban J connectivity index is 1.78. The molecule has 1 amide bonds. The number of benzene rings is 1. The van der Waals surface area contributed by atoms with E-state index in [1.165, 1.54) is 22.2 Å². The standard InChI is InChI=1S/C16H16N4O2S2/c1-9-10(2)17-8-20(15(9)22)7-14(21)19-16-18-12-5-4-11(23-3)6-13(12)24-16/h4-6,8H,7H2,1-3H3,(H,18,19,21). The Morgan fingerprint density at radius 3 is 2.92 bits per heavy atom. The van der Waals surface area contributed by atoms with E-state index in [0.717, 1.165) is 15.1 Å². The second kappa shape index (κ2) is 6.74. The molecule has 0 saturated carbocycles. The molecule has 0 radical (unpaired) electrons. The van der Waals surface area contributed by atoms with Crippen molar-refractivity contribution in [2.45, 2.75) is 25.3 Å². The number of amides is 1. The van der Waals surface area contributed by atoms with Gasteiger partial charge in [0.15, 0.2) is 5.13 Å². The number of fused-ring (bicyclic) bond motifs is 1. The molecule has 2 aromatic heterocycles. The van der Waals surface area contributed by atoms with Crippen LogP contribution in [-0.4, -0.2) is 26.7 Å². The summed E-state index contributed by atoms with van der Waals surface area (Å²) in [6.07, 6.45) is 3.41. The average Bonchev–Trinajstić information content (AvgIpc) is 2.96. The Bertz CT molecular complexity index is 978. The van der Waals surface area contributed by atoms with Gasteiger partial charge in [0, 0.05) is 16.2 Å². The van der Waals surface area contributed by atoms with Crippen LogP contribution < -0.4 is 10.9 Å². The van der Waals surface area contributed by atoms with E-state index in [4.69, 9.17) is 0 Å². The smallest absolute Gasteiger partial charge is 0.256 e. The minimum atomic E-state index is -0.300. The van der Waals surface area contributed by atoms with Crippen LogP contribution >= 0.6 is 23.1 Å². The molecule has 2 heterocycles. The molecule has 1 aromatic carbocycles. The van der Waals surface area contributed by atoms with Crippen molar-refractivity contribution in [3.63, 3.8) is 0 Å². The number of aromatic nitrogens is 3. The molecule has 3 rings (SSSR count). The third-order valence-corrected chi connectivity index (χ3v) is 5.33. The number of rotatable bonds is 4. The minimum absolute atomic E-state index is 0.0844. The molecule has 0 spiro atoms. The Labute approximate surface area is 147 Å². The zero-order valence-electron chi connectivity index (χ0n) is 13.5. The number of nitrogens with zero attached hydrogens (tertiary/aromatic N) is 3. The van der Waals surface area contributed by atoms with Crippen LogP contribution in [0.3, 0.4) is 0 Å². The van der Waals surface area contributed by atoms with Gasteiger partial charge in [0.25, 0.3) is 5.56 Å². The highest BCUT2D eigenvalue weighted by atomic mass is 32.2. The number of thioether (sulfide) groups is 1. The van der Waals surface area contributed by atoms with Gasteiger partial charge >= 0.3 is 0 Å². The number of aryl methyl sites for hydroxylation is 1. The lowest BCUT2D eigenvalue weighted by atomic mass is 10.3. The first kappa shape index (κ1) is 16.7. The van der Waals surface area contributed by atoms with Crippen molar-refractivity contribution in [1.29, 1.82) is 0 Å². The molecule has 0 unspecified atom stereocenters. The summed E-state index contributed by atoms with van der Waals surface area (Å²) in [5, 5.41) is 3.28. The van der Waals surface area contributed by atoms with Gasteiger partial charge in [0.1, 0.15) is 6.54 Å². The quantitative estimate of drug-likeness (QED) is 0.724. The third-order valence-electron chi connectivity index (χ3n) is 3.67. The monoisotopic (exact) mass is 360 g/mol. The maximum absolute atomic E-state index is 12.2. The molecule has 124 valence electrons. The SMILES string of the molecule is CSc1ccc2nc(NC(=O)Cn3cnc(C)c(C)c3=O)sc2c1. The van der Waals surface area contributed by atoms with E-state index in [2.05, 4.69) is 15.3 Å². The summed E-state index contributed by atoms with van der Waals surface area (Å²) in [4.78, 5) is 34.0. The molecule has 1 N–H and O–H groups in total. The second-order valence-corrected chi connectivity index (χ2v) is 7.20. The highest BCUT2D eigenvalue weighted by Gasteiger charge is 2.11. The first-order valence-corrected chi connectivity index (χ1v) is 9.29. The molecule has 0 fully saturated rings. The first-order valence-electron chi connectivity index (χ1n) is 7.25. The van der Waals surface area contributed by atoms with E-state index < -0.39 is 0 Å². The summed E-state index contributed by atoms with van der Waals surface area (Å²) >= 11 is 3.08. The molecular formula is C16H16N4O2S2. The Morgan fingerprint density at radius 1 is 1.38 bits per heavy atom. The highest BCUT2D eigenvalue weighted by Crippen LogP contribution is 2.29. The van der Waals surface area contributed by atoms with Crippen molar-refractivity contribution in [1.82, 2.24) is 14.5 Å². The number of thiazole rings is 1. The summed E-state index contributed by atoms with van der Waals surface area (Å²) in [5.74, 6) is -0.300. The van der Waals surface area contributed by atoms with E-state index in [1.54, 1.807) is 25.6 Å². The van der Waals surface area contributed by atoms with E-state index in [9.17, 15) is 9.59 Å². The van der Waals surface area contributed by atoms with Crippen LogP contribution in [-0.2, 0) is 11.3 Å². The Kier molecular flexibility index (Phi) is 4.68. The van der Waals surface area contributed by atoms with E-state index >= 15 is 0 Å². The summed E-state index contributed by atoms with van der Waals surface area (Å²) in [6.45, 7) is 3.39. The van der Waals surface area contributed by atoms with Gasteiger partial charge in [-0.05, 0) is 38.3 Å². The molecular weight excluding hydrogens is 344 g/mol. The molecule has 0 saturated heterocycles. The number of carbonyl (C=O) groups is 1. The molecule has 0 aliphatic heterocycles. The lowest BCUT2D eigenvalue weighted by Crippen LogP contribution is -2.29. The number of hydrogen-bond donors (Lipinski definition) is 1. The van der Waals surface area contributed by atoms with Crippen molar-refractivity contribution in [3.8, 4) is 0 Å². The average molecular weight is 360 g/mol. The van der Waals surface area contributed by atoms with Gasteiger partial charge in [0.05, 0.1) is 16.5 Å². The number of anilines is 1. The van der Waals surface area contributed by atoms with E-state index in [-0.39, 0.29) is 18.0 Å². The van der Waals surface area contributed by atoms with Gasteiger partial charge in [-0.25, -0.2) is 9.97 Å². The lowest BCUT2D eigenvalue weighted by molar-refractivity contribution is -0.116. The maximum atomic E-state index is 12.2. The normalized spacial score (nSPS) is 11.0. The fourth-order valence-electron chi connectivity index (χ4n) is 2.19. The lowest BCUT2D eigenvalue weighted by Gasteiger charge is -2.07.